The summed E-state index contributed by atoms with van der Waals surface area (Å²) in [5.41, 5.74) is 0. The summed E-state index contributed by atoms with van der Waals surface area (Å²) in [6.45, 7) is 5.92. The van der Waals surface area contributed by atoms with Crippen molar-refractivity contribution in [3.05, 3.63) is 11.6 Å². The van der Waals surface area contributed by atoms with Crippen molar-refractivity contribution in [3.63, 3.8) is 0 Å². The molecule has 0 amide bonds. The molecule has 84 valence electrons. The Hall–Kier alpha value is -0.610. The van der Waals surface area contributed by atoms with Crippen molar-refractivity contribution in [3.8, 4) is 0 Å². The highest BCUT2D eigenvalue weighted by Crippen LogP contribution is 2.17. The van der Waals surface area contributed by atoms with E-state index in [1.54, 1.807) is 11.3 Å². The number of likely N-dealkylation sites (tertiary alicyclic amines) is 1. The summed E-state index contributed by atoms with van der Waals surface area (Å²) in [6.07, 6.45) is 5.70. The summed E-state index contributed by atoms with van der Waals surface area (Å²) in [7, 11) is 0. The monoisotopic (exact) mass is 225 g/mol. The summed E-state index contributed by atoms with van der Waals surface area (Å²) in [4.78, 5) is 6.82. The van der Waals surface area contributed by atoms with Gasteiger partial charge in [0.25, 0.3) is 0 Å². The van der Waals surface area contributed by atoms with E-state index < -0.39 is 0 Å². The highest BCUT2D eigenvalue weighted by atomic mass is 32.1. The molecule has 1 atom stereocenters. The van der Waals surface area contributed by atoms with Gasteiger partial charge in [0.15, 0.2) is 5.13 Å². The molecule has 1 fully saturated rings. The zero-order valence-electron chi connectivity index (χ0n) is 9.28. The molecule has 4 heteroatoms. The van der Waals surface area contributed by atoms with E-state index in [2.05, 4.69) is 22.1 Å². The van der Waals surface area contributed by atoms with Crippen molar-refractivity contribution >= 4 is 16.5 Å². The molecular weight excluding hydrogens is 206 g/mol. The van der Waals surface area contributed by atoms with Gasteiger partial charge in [-0.05, 0) is 32.4 Å². The lowest BCUT2D eigenvalue weighted by atomic mass is 10.1. The van der Waals surface area contributed by atoms with Gasteiger partial charge in [-0.25, -0.2) is 4.98 Å². The van der Waals surface area contributed by atoms with E-state index in [1.165, 1.54) is 38.9 Å². The highest BCUT2D eigenvalue weighted by Gasteiger charge is 2.19. The standard InChI is InChI=1S/C11H19N3S/c1-2-6-14-7-3-4-10(9-14)13-11-12-5-8-15-11/h5,8,10H,2-4,6-7,9H2,1H3,(H,12,13). The molecule has 0 radical (unpaired) electrons. The zero-order valence-corrected chi connectivity index (χ0v) is 10.1. The first-order valence-corrected chi connectivity index (χ1v) is 6.65. The van der Waals surface area contributed by atoms with Gasteiger partial charge in [0, 0.05) is 24.2 Å². The van der Waals surface area contributed by atoms with Crippen LogP contribution >= 0.6 is 11.3 Å². The van der Waals surface area contributed by atoms with Gasteiger partial charge in [-0.1, -0.05) is 6.92 Å². The predicted molar refractivity (Wildman–Crippen MR) is 65.5 cm³/mol. The molecule has 1 aromatic rings. The highest BCUT2D eigenvalue weighted by molar-refractivity contribution is 7.13. The molecule has 0 saturated carbocycles. The third kappa shape index (κ3) is 3.18. The molecule has 1 aromatic heterocycles. The number of nitrogens with one attached hydrogen (secondary N) is 1. The zero-order chi connectivity index (χ0) is 10.5. The van der Waals surface area contributed by atoms with Gasteiger partial charge in [0.2, 0.25) is 0 Å². The van der Waals surface area contributed by atoms with Crippen molar-refractivity contribution in [2.45, 2.75) is 32.2 Å². The second kappa shape index (κ2) is 5.47. The fourth-order valence-electron chi connectivity index (χ4n) is 2.16. The fraction of sp³-hybridized carbons (Fsp3) is 0.727. The van der Waals surface area contributed by atoms with Crippen LogP contribution in [0, 0.1) is 0 Å². The van der Waals surface area contributed by atoms with E-state index >= 15 is 0 Å². The number of nitrogens with zero attached hydrogens (tertiary/aromatic N) is 2. The normalized spacial score (nSPS) is 22.9. The Balaban J connectivity index is 1.82. The topological polar surface area (TPSA) is 28.2 Å². The Morgan fingerprint density at radius 2 is 2.60 bits per heavy atom. The molecule has 0 aromatic carbocycles. The molecule has 1 saturated heterocycles. The average molecular weight is 225 g/mol. The first kappa shape index (κ1) is 10.9. The van der Waals surface area contributed by atoms with E-state index in [4.69, 9.17) is 0 Å². The third-order valence-corrected chi connectivity index (χ3v) is 3.51. The number of hydrogen-bond donors (Lipinski definition) is 1. The average Bonchev–Trinajstić information content (AvgIpc) is 2.71. The molecule has 1 aliphatic rings. The fourth-order valence-corrected chi connectivity index (χ4v) is 2.77. The molecule has 2 rings (SSSR count). The van der Waals surface area contributed by atoms with Crippen molar-refractivity contribution < 1.29 is 0 Å². The van der Waals surface area contributed by atoms with Crippen molar-refractivity contribution in [2.24, 2.45) is 0 Å². The van der Waals surface area contributed by atoms with Gasteiger partial charge in [-0.3, -0.25) is 0 Å². The van der Waals surface area contributed by atoms with E-state index in [0.29, 0.717) is 6.04 Å². The van der Waals surface area contributed by atoms with Crippen LogP contribution < -0.4 is 5.32 Å². The number of anilines is 1. The van der Waals surface area contributed by atoms with Gasteiger partial charge in [0.1, 0.15) is 0 Å². The van der Waals surface area contributed by atoms with Crippen LogP contribution in [-0.4, -0.2) is 35.6 Å². The molecule has 0 spiro atoms. The van der Waals surface area contributed by atoms with Crippen LogP contribution in [0.3, 0.4) is 0 Å². The van der Waals surface area contributed by atoms with E-state index in [1.807, 2.05) is 11.6 Å². The number of rotatable bonds is 4. The van der Waals surface area contributed by atoms with E-state index in [-0.39, 0.29) is 0 Å². The molecule has 2 heterocycles. The predicted octanol–water partition coefficient (Wildman–Crippen LogP) is 2.43. The lowest BCUT2D eigenvalue weighted by Crippen LogP contribution is -2.42. The molecule has 0 aliphatic carbocycles. The maximum absolute atomic E-state index is 4.27. The van der Waals surface area contributed by atoms with Crippen LogP contribution in [0.4, 0.5) is 5.13 Å². The first-order chi connectivity index (χ1) is 7.38. The maximum Gasteiger partial charge on any atom is 0.182 e. The Morgan fingerprint density at radius 1 is 1.67 bits per heavy atom. The lowest BCUT2D eigenvalue weighted by Gasteiger charge is -2.32. The second-order valence-electron chi connectivity index (χ2n) is 4.12. The summed E-state index contributed by atoms with van der Waals surface area (Å²) in [5, 5.41) is 6.61. The summed E-state index contributed by atoms with van der Waals surface area (Å²) in [5.74, 6) is 0. The molecule has 1 N–H and O–H groups in total. The molecule has 3 nitrogen and oxygen atoms in total. The van der Waals surface area contributed by atoms with Gasteiger partial charge in [-0.15, -0.1) is 11.3 Å². The van der Waals surface area contributed by atoms with Gasteiger partial charge >= 0.3 is 0 Å². The maximum atomic E-state index is 4.27. The summed E-state index contributed by atoms with van der Waals surface area (Å²) in [6, 6.07) is 0.594. The SMILES string of the molecule is CCCN1CCCC(Nc2nccs2)C1. The minimum Gasteiger partial charge on any atom is -0.358 e. The van der Waals surface area contributed by atoms with Gasteiger partial charge in [0.05, 0.1) is 0 Å². The molecular formula is C11H19N3S. The first-order valence-electron chi connectivity index (χ1n) is 5.77. The number of thiazole rings is 1. The lowest BCUT2D eigenvalue weighted by molar-refractivity contribution is 0.217. The van der Waals surface area contributed by atoms with Crippen LogP contribution in [0.25, 0.3) is 0 Å². The van der Waals surface area contributed by atoms with Crippen molar-refractivity contribution in [2.75, 3.05) is 25.0 Å². The number of aromatic nitrogens is 1. The Morgan fingerprint density at radius 3 is 3.33 bits per heavy atom. The second-order valence-corrected chi connectivity index (χ2v) is 5.02. The smallest absolute Gasteiger partial charge is 0.182 e. The number of piperidine rings is 1. The molecule has 1 aliphatic heterocycles. The van der Waals surface area contributed by atoms with Gasteiger partial charge < -0.3 is 10.2 Å². The van der Waals surface area contributed by atoms with Crippen LogP contribution in [0.1, 0.15) is 26.2 Å². The molecule has 1 unspecified atom stereocenters. The minimum absolute atomic E-state index is 0.594. The largest absolute Gasteiger partial charge is 0.358 e. The van der Waals surface area contributed by atoms with Crippen LogP contribution in [0.2, 0.25) is 0 Å². The summed E-state index contributed by atoms with van der Waals surface area (Å²) >= 11 is 1.69. The van der Waals surface area contributed by atoms with Crippen LogP contribution in [0.5, 0.6) is 0 Å². The van der Waals surface area contributed by atoms with E-state index in [9.17, 15) is 0 Å². The third-order valence-electron chi connectivity index (χ3n) is 2.81. The Labute approximate surface area is 95.5 Å². The van der Waals surface area contributed by atoms with Crippen molar-refractivity contribution in [1.82, 2.24) is 9.88 Å². The molecule has 0 bridgehead atoms. The minimum atomic E-state index is 0.594. The molecule has 15 heavy (non-hydrogen) atoms. The van der Waals surface area contributed by atoms with Crippen LogP contribution in [0.15, 0.2) is 11.6 Å². The van der Waals surface area contributed by atoms with Gasteiger partial charge in [-0.2, -0.15) is 0 Å². The Bertz CT molecular complexity index is 271. The van der Waals surface area contributed by atoms with E-state index in [0.717, 1.165) is 5.13 Å². The van der Waals surface area contributed by atoms with Crippen LogP contribution in [-0.2, 0) is 0 Å². The van der Waals surface area contributed by atoms with Crippen molar-refractivity contribution in [1.29, 1.82) is 0 Å². The quantitative estimate of drug-likeness (QED) is 0.853. The number of hydrogen-bond acceptors (Lipinski definition) is 4. The Kier molecular flexibility index (Phi) is 3.97. The summed E-state index contributed by atoms with van der Waals surface area (Å²) < 4.78 is 0.